The third-order valence-electron chi connectivity index (χ3n) is 4.04. The molecule has 3 amide bonds. The Hall–Kier alpha value is -1.83. The molecule has 1 aliphatic heterocycles. The number of urea groups is 1. The topological polar surface area (TPSA) is 116 Å². The lowest BCUT2D eigenvalue weighted by Gasteiger charge is -2.34. The second-order valence-corrected chi connectivity index (χ2v) is 5.84. The monoisotopic (exact) mass is 314 g/mol. The first kappa shape index (κ1) is 18.2. The third-order valence-corrected chi connectivity index (χ3v) is 4.04. The second kappa shape index (κ2) is 7.44. The highest BCUT2D eigenvalue weighted by molar-refractivity contribution is 5.79. The van der Waals surface area contributed by atoms with Crippen molar-refractivity contribution in [1.29, 1.82) is 0 Å². The van der Waals surface area contributed by atoms with E-state index in [9.17, 15) is 19.5 Å². The maximum absolute atomic E-state index is 12.7. The molecule has 4 N–H and O–H groups in total. The van der Waals surface area contributed by atoms with Crippen molar-refractivity contribution in [2.24, 2.45) is 11.7 Å². The van der Waals surface area contributed by atoms with Crippen LogP contribution in [-0.4, -0.2) is 70.6 Å². The van der Waals surface area contributed by atoms with Crippen LogP contribution in [0.15, 0.2) is 0 Å². The van der Waals surface area contributed by atoms with Crippen LogP contribution < -0.4 is 11.1 Å². The molecule has 1 rings (SSSR count). The molecule has 1 fully saturated rings. The van der Waals surface area contributed by atoms with Gasteiger partial charge in [0.25, 0.3) is 0 Å². The first-order valence-corrected chi connectivity index (χ1v) is 7.50. The molecule has 8 nitrogen and oxygen atoms in total. The summed E-state index contributed by atoms with van der Waals surface area (Å²) >= 11 is 0. The fraction of sp³-hybridized carbons (Fsp3) is 0.786. The van der Waals surface area contributed by atoms with Crippen LogP contribution in [0.4, 0.5) is 4.79 Å². The lowest BCUT2D eigenvalue weighted by molar-refractivity contribution is -0.141. The summed E-state index contributed by atoms with van der Waals surface area (Å²) < 4.78 is 0. The highest BCUT2D eigenvalue weighted by atomic mass is 16.4. The Balaban J connectivity index is 2.98. The minimum Gasteiger partial charge on any atom is -0.481 e. The van der Waals surface area contributed by atoms with E-state index in [0.29, 0.717) is 6.54 Å². The van der Waals surface area contributed by atoms with Gasteiger partial charge in [-0.1, -0.05) is 0 Å². The van der Waals surface area contributed by atoms with Crippen molar-refractivity contribution < 1.29 is 19.5 Å². The maximum atomic E-state index is 12.7. The van der Waals surface area contributed by atoms with E-state index in [4.69, 9.17) is 5.73 Å². The average Bonchev–Trinajstić information content (AvgIpc) is 2.73. The molecule has 0 radical (unpaired) electrons. The van der Waals surface area contributed by atoms with Crippen molar-refractivity contribution in [3.63, 3.8) is 0 Å². The van der Waals surface area contributed by atoms with Gasteiger partial charge in [-0.05, 0) is 20.8 Å². The predicted molar refractivity (Wildman–Crippen MR) is 81.2 cm³/mol. The van der Waals surface area contributed by atoms with Crippen molar-refractivity contribution in [3.8, 4) is 0 Å². The number of nitrogens with zero attached hydrogens (tertiary/aromatic N) is 2. The molecule has 126 valence electrons. The minimum atomic E-state index is -1.02. The molecule has 0 aliphatic carbocycles. The van der Waals surface area contributed by atoms with E-state index in [1.165, 1.54) is 11.8 Å². The van der Waals surface area contributed by atoms with Crippen molar-refractivity contribution in [3.05, 3.63) is 0 Å². The molecule has 1 saturated heterocycles. The Morgan fingerprint density at radius 1 is 1.41 bits per heavy atom. The third kappa shape index (κ3) is 3.88. The molecule has 8 heteroatoms. The maximum Gasteiger partial charge on any atom is 0.320 e. The van der Waals surface area contributed by atoms with Gasteiger partial charge < -0.3 is 26.0 Å². The SMILES string of the molecule is CCN(C(=O)N1CC(C(=O)O)C(N)C1CNC(C)=O)C(C)C. The molecule has 22 heavy (non-hydrogen) atoms. The van der Waals surface area contributed by atoms with Gasteiger partial charge >= 0.3 is 12.0 Å². The normalized spacial score (nSPS) is 24.5. The van der Waals surface area contributed by atoms with Gasteiger partial charge in [0, 0.05) is 38.6 Å². The van der Waals surface area contributed by atoms with Crippen LogP contribution in [0.3, 0.4) is 0 Å². The molecule has 0 aromatic heterocycles. The number of nitrogens with one attached hydrogen (secondary N) is 1. The lowest BCUT2D eigenvalue weighted by Crippen LogP contribution is -2.54. The van der Waals surface area contributed by atoms with Gasteiger partial charge in [-0.3, -0.25) is 9.59 Å². The number of carbonyl (C=O) groups is 3. The summed E-state index contributed by atoms with van der Waals surface area (Å²) in [6, 6.07) is -1.48. The van der Waals surface area contributed by atoms with Gasteiger partial charge in [0.2, 0.25) is 5.91 Å². The zero-order chi connectivity index (χ0) is 17.0. The van der Waals surface area contributed by atoms with E-state index in [0.717, 1.165) is 0 Å². The summed E-state index contributed by atoms with van der Waals surface area (Å²) in [4.78, 5) is 38.2. The Bertz CT molecular complexity index is 441. The Kier molecular flexibility index (Phi) is 6.16. The number of nitrogens with two attached hydrogens (primary N) is 1. The van der Waals surface area contributed by atoms with Crippen molar-refractivity contribution in [1.82, 2.24) is 15.1 Å². The van der Waals surface area contributed by atoms with E-state index in [-0.39, 0.29) is 31.1 Å². The number of aliphatic carboxylic acids is 1. The minimum absolute atomic E-state index is 0.000908. The van der Waals surface area contributed by atoms with E-state index >= 15 is 0 Å². The van der Waals surface area contributed by atoms with Crippen molar-refractivity contribution in [2.45, 2.75) is 45.8 Å². The fourth-order valence-corrected chi connectivity index (χ4v) is 2.79. The zero-order valence-corrected chi connectivity index (χ0v) is 13.6. The summed E-state index contributed by atoms with van der Waals surface area (Å²) in [6.07, 6.45) is 0. The molecule has 0 aromatic carbocycles. The number of rotatable bonds is 5. The number of likely N-dealkylation sites (tertiary alicyclic amines) is 1. The fourth-order valence-electron chi connectivity index (χ4n) is 2.79. The van der Waals surface area contributed by atoms with Crippen LogP contribution in [0.25, 0.3) is 0 Å². The Morgan fingerprint density at radius 2 is 2.00 bits per heavy atom. The largest absolute Gasteiger partial charge is 0.481 e. The zero-order valence-electron chi connectivity index (χ0n) is 13.6. The Labute approximate surface area is 130 Å². The van der Waals surface area contributed by atoms with Gasteiger partial charge in [0.05, 0.1) is 12.0 Å². The summed E-state index contributed by atoms with van der Waals surface area (Å²) in [7, 11) is 0. The van der Waals surface area contributed by atoms with Crippen LogP contribution in [0, 0.1) is 5.92 Å². The summed E-state index contributed by atoms with van der Waals surface area (Å²) in [5.41, 5.74) is 6.01. The standard InChI is InChI=1S/C14H26N4O4/c1-5-17(8(2)3)14(22)18-7-10(13(20)21)12(15)11(18)6-16-9(4)19/h8,10-12H,5-7,15H2,1-4H3,(H,16,19)(H,20,21). The summed E-state index contributed by atoms with van der Waals surface area (Å²) in [5.74, 6) is -2.09. The predicted octanol–water partition coefficient (Wildman–Crippen LogP) is -0.315. The average molecular weight is 314 g/mol. The van der Waals surface area contributed by atoms with Gasteiger partial charge in [0.15, 0.2) is 0 Å². The molecule has 3 atom stereocenters. The van der Waals surface area contributed by atoms with E-state index in [2.05, 4.69) is 5.32 Å². The first-order chi connectivity index (χ1) is 10.2. The van der Waals surface area contributed by atoms with Crippen LogP contribution in [0.1, 0.15) is 27.7 Å². The van der Waals surface area contributed by atoms with E-state index < -0.39 is 24.0 Å². The van der Waals surface area contributed by atoms with Crippen LogP contribution in [-0.2, 0) is 9.59 Å². The van der Waals surface area contributed by atoms with Crippen molar-refractivity contribution in [2.75, 3.05) is 19.6 Å². The molecule has 0 aromatic rings. The molecular weight excluding hydrogens is 288 g/mol. The van der Waals surface area contributed by atoms with E-state index in [1.807, 2.05) is 20.8 Å². The number of carboxylic acids is 1. The summed E-state index contributed by atoms with van der Waals surface area (Å²) in [6.45, 7) is 7.76. The Morgan fingerprint density at radius 3 is 2.41 bits per heavy atom. The molecule has 1 aliphatic rings. The quantitative estimate of drug-likeness (QED) is 0.643. The highest BCUT2D eigenvalue weighted by Gasteiger charge is 2.46. The van der Waals surface area contributed by atoms with Crippen LogP contribution in [0.5, 0.6) is 0 Å². The highest BCUT2D eigenvalue weighted by Crippen LogP contribution is 2.24. The molecular formula is C14H26N4O4. The molecule has 1 heterocycles. The second-order valence-electron chi connectivity index (χ2n) is 5.84. The van der Waals surface area contributed by atoms with Gasteiger partial charge in [-0.15, -0.1) is 0 Å². The van der Waals surface area contributed by atoms with Gasteiger partial charge in [0.1, 0.15) is 0 Å². The number of hydrogen-bond acceptors (Lipinski definition) is 4. The van der Waals surface area contributed by atoms with Gasteiger partial charge in [-0.2, -0.15) is 0 Å². The van der Waals surface area contributed by atoms with E-state index in [1.54, 1.807) is 4.90 Å². The molecule has 0 saturated carbocycles. The number of amides is 3. The number of hydrogen-bond donors (Lipinski definition) is 3. The van der Waals surface area contributed by atoms with Gasteiger partial charge in [-0.25, -0.2) is 4.79 Å². The summed E-state index contributed by atoms with van der Waals surface area (Å²) in [5, 5.41) is 11.9. The molecule has 3 unspecified atom stereocenters. The number of carbonyl (C=O) groups excluding carboxylic acids is 2. The lowest BCUT2D eigenvalue weighted by atomic mass is 10.00. The first-order valence-electron chi connectivity index (χ1n) is 7.50. The molecule has 0 spiro atoms. The number of carboxylic acid groups (broad SMARTS) is 1. The van der Waals surface area contributed by atoms with Crippen molar-refractivity contribution >= 4 is 17.9 Å². The smallest absolute Gasteiger partial charge is 0.320 e. The van der Waals surface area contributed by atoms with Crippen LogP contribution in [0.2, 0.25) is 0 Å². The molecule has 0 bridgehead atoms. The van der Waals surface area contributed by atoms with Crippen LogP contribution >= 0.6 is 0 Å².